The minimum atomic E-state index is -3.99. The SMILES string of the molecule is COc1ccc(CN(c2nn(C)c3c(-n4c(C(Cc5cc(F)cc(F)c5)NC(=O)O)nc5cc(Br)cnc5c4=O)ccc(Cl)c23)S(C)(=O)=O)cc1. The Morgan fingerprint density at radius 3 is 2.41 bits per heavy atom. The Hall–Kier alpha value is -5.13. The van der Waals surface area contributed by atoms with Crippen molar-refractivity contribution < 1.29 is 31.8 Å². The van der Waals surface area contributed by atoms with Crippen LogP contribution in [0.15, 0.2) is 76.1 Å². The highest BCUT2D eigenvalue weighted by atomic mass is 79.9. The van der Waals surface area contributed by atoms with Crippen LogP contribution in [0.4, 0.5) is 19.4 Å². The lowest BCUT2D eigenvalue weighted by Crippen LogP contribution is -2.35. The number of hydrogen-bond acceptors (Lipinski definition) is 8. The van der Waals surface area contributed by atoms with Crippen molar-refractivity contribution in [2.75, 3.05) is 17.7 Å². The fourth-order valence-electron chi connectivity index (χ4n) is 5.79. The van der Waals surface area contributed by atoms with E-state index in [1.54, 1.807) is 24.3 Å². The molecule has 0 aliphatic carbocycles. The van der Waals surface area contributed by atoms with Crippen molar-refractivity contribution in [3.63, 3.8) is 0 Å². The number of ether oxygens (including phenoxy) is 1. The molecule has 3 aromatic heterocycles. The van der Waals surface area contributed by atoms with Crippen LogP contribution < -0.4 is 19.9 Å². The molecule has 1 unspecified atom stereocenters. The van der Waals surface area contributed by atoms with Crippen LogP contribution in [0.3, 0.4) is 0 Å². The number of sulfonamides is 1. The minimum absolute atomic E-state index is 0.0430. The number of nitrogens with zero attached hydrogens (tertiary/aromatic N) is 6. The zero-order valence-corrected chi connectivity index (χ0v) is 30.1. The van der Waals surface area contributed by atoms with Gasteiger partial charge < -0.3 is 15.2 Å². The quantitative estimate of drug-likeness (QED) is 0.172. The van der Waals surface area contributed by atoms with Gasteiger partial charge in [0.1, 0.15) is 23.2 Å². The Labute approximate surface area is 302 Å². The molecule has 2 N–H and O–H groups in total. The van der Waals surface area contributed by atoms with E-state index in [1.165, 1.54) is 43.2 Å². The number of aromatic nitrogens is 5. The van der Waals surface area contributed by atoms with Gasteiger partial charge >= 0.3 is 6.09 Å². The van der Waals surface area contributed by atoms with E-state index >= 15 is 0 Å². The van der Waals surface area contributed by atoms with E-state index in [0.29, 0.717) is 21.9 Å². The standard InChI is InChI=1S/C33H27BrClF2N7O6S/c1-42-29-26(9-8-23(35)27(29)31(41-42)43(51(3,48)49)16-17-4-6-22(50-2)7-5-17)44-30(39-24-13-19(34)15-38-28(24)32(44)45)25(40-33(46)47)12-18-10-20(36)14-21(37)11-18/h4-11,13-15,25,40H,12,16H2,1-3H3,(H,46,47). The number of fused-ring (bicyclic) bond motifs is 2. The number of aryl methyl sites for hydroxylation is 1. The van der Waals surface area contributed by atoms with Gasteiger partial charge in [0.25, 0.3) is 5.56 Å². The number of carboxylic acid groups (broad SMARTS) is 1. The summed E-state index contributed by atoms with van der Waals surface area (Å²) in [5, 5.41) is 17.0. The average molecular weight is 803 g/mol. The Morgan fingerprint density at radius 2 is 1.78 bits per heavy atom. The van der Waals surface area contributed by atoms with Gasteiger partial charge in [0, 0.05) is 30.2 Å². The molecule has 0 radical (unpaired) electrons. The summed E-state index contributed by atoms with van der Waals surface area (Å²) in [6, 6.07) is 12.6. The monoisotopic (exact) mass is 801 g/mol. The highest BCUT2D eigenvalue weighted by Gasteiger charge is 2.30. The number of benzene rings is 3. The lowest BCUT2D eigenvalue weighted by atomic mass is 10.0. The van der Waals surface area contributed by atoms with Crippen LogP contribution in [0.2, 0.25) is 5.02 Å². The van der Waals surface area contributed by atoms with E-state index in [2.05, 4.69) is 36.3 Å². The van der Waals surface area contributed by atoms with E-state index in [9.17, 15) is 31.9 Å². The zero-order chi connectivity index (χ0) is 36.8. The van der Waals surface area contributed by atoms with E-state index in [-0.39, 0.29) is 62.8 Å². The van der Waals surface area contributed by atoms with Crippen molar-refractivity contribution in [2.24, 2.45) is 7.05 Å². The lowest BCUT2D eigenvalue weighted by Gasteiger charge is -2.23. The van der Waals surface area contributed by atoms with Crippen LogP contribution in [0.1, 0.15) is 23.0 Å². The molecule has 0 aliphatic rings. The van der Waals surface area contributed by atoms with Gasteiger partial charge in [-0.25, -0.2) is 36.3 Å². The highest BCUT2D eigenvalue weighted by molar-refractivity contribution is 9.10. The minimum Gasteiger partial charge on any atom is -0.497 e. The molecule has 3 aromatic carbocycles. The van der Waals surface area contributed by atoms with Crippen LogP contribution in [-0.2, 0) is 30.0 Å². The fraction of sp³-hybridized carbons (Fsp3) is 0.182. The molecule has 0 fully saturated rings. The van der Waals surface area contributed by atoms with Crippen molar-refractivity contribution in [2.45, 2.75) is 19.0 Å². The number of amides is 1. The maximum absolute atomic E-state index is 14.4. The van der Waals surface area contributed by atoms with E-state index in [1.807, 2.05) is 0 Å². The number of hydrogen-bond donors (Lipinski definition) is 2. The van der Waals surface area contributed by atoms with E-state index in [0.717, 1.165) is 27.3 Å². The van der Waals surface area contributed by atoms with Gasteiger partial charge in [-0.1, -0.05) is 23.7 Å². The van der Waals surface area contributed by atoms with Gasteiger partial charge in [0.05, 0.1) is 53.1 Å². The van der Waals surface area contributed by atoms with Crippen LogP contribution in [0.25, 0.3) is 27.6 Å². The molecule has 0 saturated heterocycles. The second-order valence-electron chi connectivity index (χ2n) is 11.5. The molecule has 264 valence electrons. The molecule has 3 heterocycles. The first kappa shape index (κ1) is 35.7. The summed E-state index contributed by atoms with van der Waals surface area (Å²) in [5.41, 5.74) is 0.250. The zero-order valence-electron chi connectivity index (χ0n) is 26.9. The number of anilines is 1. The van der Waals surface area contributed by atoms with Gasteiger partial charge in [-0.05, 0) is 69.5 Å². The number of carbonyl (C=O) groups is 1. The molecule has 1 amide bonds. The normalized spacial score (nSPS) is 12.3. The van der Waals surface area contributed by atoms with Crippen molar-refractivity contribution in [1.82, 2.24) is 29.6 Å². The fourth-order valence-corrected chi connectivity index (χ4v) is 7.17. The third kappa shape index (κ3) is 7.22. The molecule has 0 spiro atoms. The number of methoxy groups -OCH3 is 1. The summed E-state index contributed by atoms with van der Waals surface area (Å²) >= 11 is 10.1. The van der Waals surface area contributed by atoms with Crippen molar-refractivity contribution in [1.29, 1.82) is 0 Å². The Kier molecular flexibility index (Phi) is 9.71. The number of rotatable bonds is 10. The van der Waals surface area contributed by atoms with Gasteiger partial charge in [0.2, 0.25) is 10.0 Å². The molecule has 6 rings (SSSR count). The first-order valence-corrected chi connectivity index (χ1v) is 18.0. The third-order valence-electron chi connectivity index (χ3n) is 7.94. The molecule has 18 heteroatoms. The average Bonchev–Trinajstić information content (AvgIpc) is 3.40. The second-order valence-corrected chi connectivity index (χ2v) is 14.7. The van der Waals surface area contributed by atoms with Crippen molar-refractivity contribution >= 4 is 71.4 Å². The first-order valence-electron chi connectivity index (χ1n) is 14.9. The predicted octanol–water partition coefficient (Wildman–Crippen LogP) is 5.89. The van der Waals surface area contributed by atoms with E-state index in [4.69, 9.17) is 16.3 Å². The molecule has 6 aromatic rings. The van der Waals surface area contributed by atoms with Crippen LogP contribution in [-0.4, -0.2) is 57.3 Å². The topological polar surface area (TPSA) is 162 Å². The molecule has 51 heavy (non-hydrogen) atoms. The third-order valence-corrected chi connectivity index (χ3v) is 9.79. The summed E-state index contributed by atoms with van der Waals surface area (Å²) in [7, 11) is -0.953. The predicted molar refractivity (Wildman–Crippen MR) is 190 cm³/mol. The Bertz CT molecular complexity index is 2490. The molecular formula is C33H27BrClF2N7O6S. The van der Waals surface area contributed by atoms with E-state index < -0.39 is 39.4 Å². The van der Waals surface area contributed by atoms with Crippen molar-refractivity contribution in [3.05, 3.63) is 115 Å². The molecule has 0 aliphatic heterocycles. The summed E-state index contributed by atoms with van der Waals surface area (Å²) in [6.07, 6.45) is 0.584. The van der Waals surface area contributed by atoms with Gasteiger partial charge in [0.15, 0.2) is 11.3 Å². The molecule has 0 saturated carbocycles. The van der Waals surface area contributed by atoms with Gasteiger partial charge in [-0.15, -0.1) is 0 Å². The van der Waals surface area contributed by atoms with Crippen LogP contribution >= 0.6 is 27.5 Å². The Balaban J connectivity index is 1.63. The number of halogens is 4. The second kappa shape index (κ2) is 13.9. The molecule has 13 nitrogen and oxygen atoms in total. The van der Waals surface area contributed by atoms with Gasteiger partial charge in [-0.2, -0.15) is 5.10 Å². The smallest absolute Gasteiger partial charge is 0.405 e. The highest BCUT2D eigenvalue weighted by Crippen LogP contribution is 2.38. The lowest BCUT2D eigenvalue weighted by molar-refractivity contribution is 0.189. The maximum atomic E-state index is 14.4. The maximum Gasteiger partial charge on any atom is 0.405 e. The summed E-state index contributed by atoms with van der Waals surface area (Å²) in [5.74, 6) is -1.40. The molecule has 1 atom stereocenters. The number of nitrogens with one attached hydrogen (secondary N) is 1. The summed E-state index contributed by atoms with van der Waals surface area (Å²) in [6.45, 7) is -0.133. The molecule has 0 bridgehead atoms. The van der Waals surface area contributed by atoms with Crippen molar-refractivity contribution in [3.8, 4) is 11.4 Å². The first-order chi connectivity index (χ1) is 24.1. The summed E-state index contributed by atoms with van der Waals surface area (Å²) in [4.78, 5) is 35.5. The number of pyridine rings is 1. The molecular weight excluding hydrogens is 776 g/mol. The van der Waals surface area contributed by atoms with Gasteiger partial charge in [-0.3, -0.25) is 14.0 Å². The van der Waals surface area contributed by atoms with Crippen LogP contribution in [0.5, 0.6) is 5.75 Å². The Morgan fingerprint density at radius 1 is 1.10 bits per heavy atom. The summed E-state index contributed by atoms with van der Waals surface area (Å²) < 4.78 is 64.3. The largest absolute Gasteiger partial charge is 0.497 e. The van der Waals surface area contributed by atoms with Crippen LogP contribution in [0, 0.1) is 11.6 Å².